The maximum atomic E-state index is 15.1. The van der Waals surface area contributed by atoms with Gasteiger partial charge in [0.1, 0.15) is 11.3 Å². The number of H-pyrrole nitrogens is 1. The SMILES string of the molecule is CC1(C)CCC(CN2CCN(c3ccc(C(=O)O)c(Oc4ccc5[nH]ccc5c4F)c3)CC2)=C(c2ccc(Cl)cc2)C1. The van der Waals surface area contributed by atoms with Crippen LogP contribution < -0.4 is 9.64 Å². The molecule has 0 spiro atoms. The molecule has 0 saturated carbocycles. The van der Waals surface area contributed by atoms with Crippen molar-refractivity contribution in [1.29, 1.82) is 0 Å². The number of allylic oxidation sites excluding steroid dienone is 1. The highest BCUT2D eigenvalue weighted by Crippen LogP contribution is 2.43. The number of aromatic amines is 1. The van der Waals surface area contributed by atoms with E-state index < -0.39 is 11.8 Å². The summed E-state index contributed by atoms with van der Waals surface area (Å²) in [5.41, 5.74) is 5.99. The number of carboxylic acids is 1. The Morgan fingerprint density at radius 3 is 2.52 bits per heavy atom. The molecule has 2 heterocycles. The molecular weight excluding hydrogens is 553 g/mol. The van der Waals surface area contributed by atoms with Crippen molar-refractivity contribution in [3.63, 3.8) is 0 Å². The molecule has 218 valence electrons. The van der Waals surface area contributed by atoms with E-state index in [0.717, 1.165) is 56.3 Å². The average molecular weight is 588 g/mol. The van der Waals surface area contributed by atoms with Gasteiger partial charge in [0.2, 0.25) is 0 Å². The third-order valence-electron chi connectivity index (χ3n) is 8.58. The van der Waals surface area contributed by atoms with Crippen LogP contribution in [-0.2, 0) is 0 Å². The third-order valence-corrected chi connectivity index (χ3v) is 8.83. The van der Waals surface area contributed by atoms with Gasteiger partial charge in [-0.15, -0.1) is 0 Å². The standard InChI is InChI=1S/C34H35ClFN3O3/c1-34(2)13-11-23(28(20-34)22-3-5-24(35)6-4-22)21-38-15-17-39(18-16-38)25-7-8-27(33(40)41)31(19-25)42-30-10-9-29-26(32(30)36)12-14-37-29/h3-10,12,14,19,37H,11,13,15-18,20-21H2,1-2H3,(H,40,41). The minimum Gasteiger partial charge on any atom is -0.478 e. The van der Waals surface area contributed by atoms with E-state index in [1.807, 2.05) is 18.2 Å². The number of hydrogen-bond acceptors (Lipinski definition) is 4. The molecular formula is C34H35ClFN3O3. The molecule has 42 heavy (non-hydrogen) atoms. The minimum absolute atomic E-state index is 0.00663. The zero-order chi connectivity index (χ0) is 29.4. The fraction of sp³-hybridized carbons (Fsp3) is 0.324. The van der Waals surface area contributed by atoms with Crippen molar-refractivity contribution in [3.05, 3.63) is 94.4 Å². The Bertz CT molecular complexity index is 1650. The van der Waals surface area contributed by atoms with Gasteiger partial charge < -0.3 is 19.7 Å². The van der Waals surface area contributed by atoms with Crippen molar-refractivity contribution in [2.75, 3.05) is 37.6 Å². The van der Waals surface area contributed by atoms with Crippen molar-refractivity contribution in [2.45, 2.75) is 33.1 Å². The fourth-order valence-corrected chi connectivity index (χ4v) is 6.27. The van der Waals surface area contributed by atoms with Gasteiger partial charge in [0.15, 0.2) is 11.6 Å². The molecule has 1 aromatic heterocycles. The summed E-state index contributed by atoms with van der Waals surface area (Å²) in [7, 11) is 0. The summed E-state index contributed by atoms with van der Waals surface area (Å²) < 4.78 is 21.0. The Balaban J connectivity index is 1.18. The molecule has 1 aliphatic heterocycles. The number of piperazine rings is 1. The third kappa shape index (κ3) is 5.90. The van der Waals surface area contributed by atoms with Gasteiger partial charge in [-0.3, -0.25) is 4.90 Å². The number of aromatic carboxylic acids is 1. The van der Waals surface area contributed by atoms with Gasteiger partial charge in [-0.2, -0.15) is 0 Å². The first-order valence-electron chi connectivity index (χ1n) is 14.4. The Labute approximate surface area is 250 Å². The largest absolute Gasteiger partial charge is 0.478 e. The lowest BCUT2D eigenvalue weighted by atomic mass is 9.72. The zero-order valence-corrected chi connectivity index (χ0v) is 24.7. The molecule has 0 unspecified atom stereocenters. The maximum Gasteiger partial charge on any atom is 0.339 e. The van der Waals surface area contributed by atoms with Crippen molar-refractivity contribution in [1.82, 2.24) is 9.88 Å². The number of aromatic nitrogens is 1. The van der Waals surface area contributed by atoms with Crippen LogP contribution >= 0.6 is 11.6 Å². The number of carbonyl (C=O) groups is 1. The number of anilines is 1. The first-order chi connectivity index (χ1) is 20.2. The summed E-state index contributed by atoms with van der Waals surface area (Å²) in [5, 5.41) is 10.9. The first-order valence-corrected chi connectivity index (χ1v) is 14.8. The molecule has 6 rings (SSSR count). The number of fused-ring (bicyclic) bond motifs is 1. The van der Waals surface area contributed by atoms with Crippen LogP contribution in [0.3, 0.4) is 0 Å². The number of halogens is 2. The van der Waals surface area contributed by atoms with Gasteiger partial charge in [0.25, 0.3) is 0 Å². The van der Waals surface area contributed by atoms with E-state index in [0.29, 0.717) is 10.9 Å². The maximum absolute atomic E-state index is 15.1. The normalized spacial score (nSPS) is 17.6. The molecule has 0 radical (unpaired) electrons. The number of nitrogens with zero attached hydrogens (tertiary/aromatic N) is 2. The minimum atomic E-state index is -1.12. The van der Waals surface area contributed by atoms with Crippen molar-refractivity contribution < 1.29 is 19.0 Å². The van der Waals surface area contributed by atoms with Crippen LogP contribution in [0.5, 0.6) is 11.5 Å². The average Bonchev–Trinajstić information content (AvgIpc) is 3.46. The van der Waals surface area contributed by atoms with E-state index in [-0.39, 0.29) is 22.5 Å². The molecule has 0 bridgehead atoms. The van der Waals surface area contributed by atoms with Gasteiger partial charge in [-0.1, -0.05) is 43.2 Å². The van der Waals surface area contributed by atoms with Crippen molar-refractivity contribution in [3.8, 4) is 11.5 Å². The van der Waals surface area contributed by atoms with Gasteiger partial charge in [0.05, 0.1) is 0 Å². The Hall–Kier alpha value is -3.81. The van der Waals surface area contributed by atoms with Gasteiger partial charge in [-0.05, 0) is 78.3 Å². The predicted octanol–water partition coefficient (Wildman–Crippen LogP) is 8.24. The summed E-state index contributed by atoms with van der Waals surface area (Å²) in [5.74, 6) is -1.53. The van der Waals surface area contributed by atoms with E-state index in [1.165, 1.54) is 29.2 Å². The van der Waals surface area contributed by atoms with Crippen LogP contribution in [-0.4, -0.2) is 53.7 Å². The molecule has 8 heteroatoms. The fourth-order valence-electron chi connectivity index (χ4n) is 6.14. The van der Waals surface area contributed by atoms with Crippen LogP contribution in [0, 0.1) is 11.2 Å². The number of hydrogen-bond donors (Lipinski definition) is 2. The first kappa shape index (κ1) is 28.3. The van der Waals surface area contributed by atoms with Crippen LogP contribution in [0.2, 0.25) is 5.02 Å². The second-order valence-corrected chi connectivity index (χ2v) is 12.5. The molecule has 2 aliphatic rings. The van der Waals surface area contributed by atoms with Gasteiger partial charge in [-0.25, -0.2) is 9.18 Å². The molecule has 1 aliphatic carbocycles. The predicted molar refractivity (Wildman–Crippen MR) is 166 cm³/mol. The molecule has 1 fully saturated rings. The molecule has 2 N–H and O–H groups in total. The highest BCUT2D eigenvalue weighted by molar-refractivity contribution is 6.30. The van der Waals surface area contributed by atoms with E-state index in [2.05, 4.69) is 40.8 Å². The molecule has 0 amide bonds. The van der Waals surface area contributed by atoms with E-state index >= 15 is 4.39 Å². The van der Waals surface area contributed by atoms with Crippen molar-refractivity contribution in [2.24, 2.45) is 5.41 Å². The Kier molecular flexibility index (Phi) is 7.73. The van der Waals surface area contributed by atoms with Crippen molar-refractivity contribution >= 4 is 39.7 Å². The summed E-state index contributed by atoms with van der Waals surface area (Å²) in [6.45, 7) is 9.00. The van der Waals surface area contributed by atoms with Crippen LogP contribution in [0.15, 0.2) is 72.4 Å². The highest BCUT2D eigenvalue weighted by Gasteiger charge is 2.29. The van der Waals surface area contributed by atoms with Gasteiger partial charge >= 0.3 is 5.97 Å². The number of benzene rings is 3. The summed E-state index contributed by atoms with van der Waals surface area (Å²) in [6.07, 6.45) is 4.98. The summed E-state index contributed by atoms with van der Waals surface area (Å²) in [4.78, 5) is 19.7. The summed E-state index contributed by atoms with van der Waals surface area (Å²) in [6, 6.07) is 18.2. The summed E-state index contributed by atoms with van der Waals surface area (Å²) >= 11 is 6.18. The van der Waals surface area contributed by atoms with Gasteiger partial charge in [0, 0.05) is 66.6 Å². The molecule has 1 saturated heterocycles. The monoisotopic (exact) mass is 587 g/mol. The molecule has 3 aromatic carbocycles. The Morgan fingerprint density at radius 2 is 1.79 bits per heavy atom. The quantitative estimate of drug-likeness (QED) is 0.228. The second-order valence-electron chi connectivity index (χ2n) is 12.1. The zero-order valence-electron chi connectivity index (χ0n) is 23.9. The van der Waals surface area contributed by atoms with E-state index in [1.54, 1.807) is 30.5 Å². The van der Waals surface area contributed by atoms with Crippen LogP contribution in [0.25, 0.3) is 16.5 Å². The number of ether oxygens (including phenoxy) is 1. The molecule has 0 atom stereocenters. The van der Waals surface area contributed by atoms with E-state index in [4.69, 9.17) is 16.3 Å². The molecule has 4 aromatic rings. The topological polar surface area (TPSA) is 68.8 Å². The number of rotatable bonds is 7. The lowest BCUT2D eigenvalue weighted by Gasteiger charge is -2.39. The van der Waals surface area contributed by atoms with Crippen LogP contribution in [0.4, 0.5) is 10.1 Å². The highest BCUT2D eigenvalue weighted by atomic mass is 35.5. The Morgan fingerprint density at radius 1 is 1.02 bits per heavy atom. The smallest absolute Gasteiger partial charge is 0.339 e. The lowest BCUT2D eigenvalue weighted by Crippen LogP contribution is -2.47. The molecule has 6 nitrogen and oxygen atoms in total. The van der Waals surface area contributed by atoms with Crippen LogP contribution in [0.1, 0.15) is 49.0 Å². The lowest BCUT2D eigenvalue weighted by molar-refractivity contribution is 0.0694. The number of carboxylic acid groups (broad SMARTS) is 1. The second kappa shape index (κ2) is 11.5. The van der Waals surface area contributed by atoms with E-state index in [9.17, 15) is 9.90 Å². The number of nitrogens with one attached hydrogen (secondary N) is 1.